The lowest BCUT2D eigenvalue weighted by Crippen LogP contribution is -2.02. The summed E-state index contributed by atoms with van der Waals surface area (Å²) in [5, 5.41) is 8.80. The van der Waals surface area contributed by atoms with E-state index in [0.717, 1.165) is 8.04 Å². The van der Waals surface area contributed by atoms with Gasteiger partial charge < -0.3 is 10.1 Å². The van der Waals surface area contributed by atoms with Crippen molar-refractivity contribution in [2.75, 3.05) is 0 Å². The van der Waals surface area contributed by atoms with Crippen LogP contribution in [0.3, 0.4) is 0 Å². The summed E-state index contributed by atoms with van der Waals surface area (Å²) in [5.74, 6) is -1.29. The summed E-state index contributed by atoms with van der Waals surface area (Å²) in [6.45, 7) is 0. The summed E-state index contributed by atoms with van der Waals surface area (Å²) in [7, 11) is 0. The zero-order chi connectivity index (χ0) is 13.3. The van der Waals surface area contributed by atoms with Gasteiger partial charge in [0.2, 0.25) is 0 Å². The fraction of sp³-hybridized carbons (Fsp3) is 0. The molecule has 6 heteroatoms. The number of aromatic carboxylic acids is 1. The second-order valence-electron chi connectivity index (χ2n) is 3.56. The Morgan fingerprint density at radius 3 is 2.61 bits per heavy atom. The van der Waals surface area contributed by atoms with Crippen LogP contribution in [0.2, 0.25) is 0 Å². The third kappa shape index (κ3) is 2.64. The van der Waals surface area contributed by atoms with E-state index in [1.54, 1.807) is 6.07 Å². The highest BCUT2D eigenvalue weighted by Gasteiger charge is 2.16. The molecule has 18 heavy (non-hydrogen) atoms. The van der Waals surface area contributed by atoms with Crippen LogP contribution in [0.15, 0.2) is 34.9 Å². The topological polar surface area (TPSA) is 70.2 Å². The quantitative estimate of drug-likeness (QED) is 0.592. The van der Waals surface area contributed by atoms with E-state index >= 15 is 0 Å². The van der Waals surface area contributed by atoms with Crippen LogP contribution in [0.25, 0.3) is 0 Å². The number of carboxylic acid groups (broad SMARTS) is 1. The fourth-order valence-electron chi connectivity index (χ4n) is 1.48. The molecule has 1 heterocycles. The van der Waals surface area contributed by atoms with Gasteiger partial charge in [-0.25, -0.2) is 4.79 Å². The van der Waals surface area contributed by atoms with Gasteiger partial charge in [-0.2, -0.15) is 0 Å². The van der Waals surface area contributed by atoms with Gasteiger partial charge in [-0.05, 0) is 46.9 Å². The average Bonchev–Trinajstić information content (AvgIpc) is 2.81. The number of H-pyrrole nitrogens is 1. The zero-order valence-corrected chi connectivity index (χ0v) is 12.6. The monoisotopic (exact) mass is 419 g/mol. The van der Waals surface area contributed by atoms with Crippen molar-refractivity contribution in [1.29, 1.82) is 0 Å². The minimum absolute atomic E-state index is 0.00311. The molecule has 0 saturated heterocycles. The Bertz CT molecular complexity index is 636. The summed E-state index contributed by atoms with van der Waals surface area (Å²) >= 11 is 5.38. The minimum Gasteiger partial charge on any atom is -0.477 e. The number of aromatic nitrogens is 1. The van der Waals surface area contributed by atoms with Gasteiger partial charge in [-0.3, -0.25) is 4.79 Å². The van der Waals surface area contributed by atoms with Gasteiger partial charge in [0.1, 0.15) is 5.69 Å². The normalized spacial score (nSPS) is 10.3. The highest BCUT2D eigenvalue weighted by Crippen LogP contribution is 2.21. The lowest BCUT2D eigenvalue weighted by molar-refractivity contribution is 0.0691. The van der Waals surface area contributed by atoms with Crippen LogP contribution in [0, 0.1) is 3.57 Å². The lowest BCUT2D eigenvalue weighted by Gasteiger charge is -2.02. The Hall–Kier alpha value is -1.15. The maximum atomic E-state index is 12.2. The summed E-state index contributed by atoms with van der Waals surface area (Å²) in [6, 6.07) is 6.72. The zero-order valence-electron chi connectivity index (χ0n) is 8.91. The Morgan fingerprint density at radius 2 is 2.00 bits per heavy atom. The van der Waals surface area contributed by atoms with Gasteiger partial charge in [-0.1, -0.05) is 15.9 Å². The van der Waals surface area contributed by atoms with Crippen molar-refractivity contribution >= 4 is 50.3 Å². The number of carbonyl (C=O) groups excluding carboxylic acids is 1. The van der Waals surface area contributed by atoms with Gasteiger partial charge in [0.25, 0.3) is 0 Å². The maximum Gasteiger partial charge on any atom is 0.352 e. The Morgan fingerprint density at radius 1 is 1.28 bits per heavy atom. The number of rotatable bonds is 3. The molecule has 92 valence electrons. The average molecular weight is 420 g/mol. The van der Waals surface area contributed by atoms with Crippen LogP contribution in [-0.4, -0.2) is 21.8 Å². The van der Waals surface area contributed by atoms with Crippen molar-refractivity contribution in [3.05, 3.63) is 55.3 Å². The molecule has 2 aromatic rings. The number of hydrogen-bond donors (Lipinski definition) is 2. The first-order chi connectivity index (χ1) is 8.49. The first kappa shape index (κ1) is 13.3. The number of carbonyl (C=O) groups is 2. The molecule has 0 saturated carbocycles. The second kappa shape index (κ2) is 5.23. The molecular weight excluding hydrogens is 413 g/mol. The molecule has 0 bridgehead atoms. The number of benzene rings is 1. The highest BCUT2D eigenvalue weighted by molar-refractivity contribution is 14.1. The van der Waals surface area contributed by atoms with E-state index < -0.39 is 5.97 Å². The summed E-state index contributed by atoms with van der Waals surface area (Å²) in [6.07, 6.45) is 1.41. The molecule has 2 N–H and O–H groups in total. The smallest absolute Gasteiger partial charge is 0.352 e. The number of hydrogen-bond acceptors (Lipinski definition) is 2. The first-order valence-corrected chi connectivity index (χ1v) is 6.77. The molecule has 0 aliphatic carbocycles. The van der Waals surface area contributed by atoms with Crippen molar-refractivity contribution in [2.24, 2.45) is 0 Å². The van der Waals surface area contributed by atoms with Crippen LogP contribution in [-0.2, 0) is 0 Å². The number of ketones is 1. The van der Waals surface area contributed by atoms with Gasteiger partial charge in [0, 0.05) is 25.4 Å². The van der Waals surface area contributed by atoms with E-state index in [-0.39, 0.29) is 11.5 Å². The van der Waals surface area contributed by atoms with Crippen LogP contribution in [0.5, 0.6) is 0 Å². The first-order valence-electron chi connectivity index (χ1n) is 4.90. The van der Waals surface area contributed by atoms with Crippen LogP contribution in [0.1, 0.15) is 26.4 Å². The summed E-state index contributed by atoms with van der Waals surface area (Å²) < 4.78 is 1.62. The van der Waals surface area contributed by atoms with E-state index in [4.69, 9.17) is 5.11 Å². The van der Waals surface area contributed by atoms with Crippen molar-refractivity contribution in [1.82, 2.24) is 4.98 Å². The largest absolute Gasteiger partial charge is 0.477 e. The summed E-state index contributed by atoms with van der Waals surface area (Å²) in [5.41, 5.74) is 0.882. The molecular formula is C12H7BrINO3. The van der Waals surface area contributed by atoms with Gasteiger partial charge >= 0.3 is 5.97 Å². The molecule has 0 fully saturated rings. The van der Waals surface area contributed by atoms with Gasteiger partial charge in [0.15, 0.2) is 5.78 Å². The van der Waals surface area contributed by atoms with Gasteiger partial charge in [-0.15, -0.1) is 0 Å². The van der Waals surface area contributed by atoms with E-state index in [1.807, 2.05) is 12.1 Å². The van der Waals surface area contributed by atoms with Crippen molar-refractivity contribution in [2.45, 2.75) is 0 Å². The predicted molar refractivity (Wildman–Crippen MR) is 78.0 cm³/mol. The number of carboxylic acids is 1. The molecule has 0 unspecified atom stereocenters. The highest BCUT2D eigenvalue weighted by atomic mass is 127. The molecule has 1 aromatic heterocycles. The Labute approximate surface area is 125 Å². The van der Waals surface area contributed by atoms with Crippen LogP contribution < -0.4 is 0 Å². The van der Waals surface area contributed by atoms with Crippen LogP contribution in [0.4, 0.5) is 0 Å². The standard InChI is InChI=1S/C12H7BrINO3/c13-7-1-2-9(14)8(4-7)11(16)6-3-10(12(17)18)15-5-6/h1-5,15H,(H,17,18). The SMILES string of the molecule is O=C(O)c1cc(C(=O)c2cc(Br)ccc2I)c[nH]1. The lowest BCUT2D eigenvalue weighted by atomic mass is 10.1. The van der Waals surface area contributed by atoms with Crippen molar-refractivity contribution in [3.8, 4) is 0 Å². The summed E-state index contributed by atoms with van der Waals surface area (Å²) in [4.78, 5) is 25.5. The fourth-order valence-corrected chi connectivity index (χ4v) is 2.42. The molecule has 0 atom stereocenters. The molecule has 0 amide bonds. The molecule has 1 aromatic carbocycles. The van der Waals surface area contributed by atoms with Crippen molar-refractivity contribution in [3.63, 3.8) is 0 Å². The van der Waals surface area contributed by atoms with Crippen LogP contribution >= 0.6 is 38.5 Å². The third-order valence-corrected chi connectivity index (χ3v) is 3.78. The molecule has 0 aliphatic heterocycles. The Kier molecular flexibility index (Phi) is 3.86. The van der Waals surface area contributed by atoms with E-state index in [9.17, 15) is 9.59 Å². The van der Waals surface area contributed by atoms with Crippen molar-refractivity contribution < 1.29 is 14.7 Å². The number of halogens is 2. The van der Waals surface area contributed by atoms with E-state index in [0.29, 0.717) is 11.1 Å². The van der Waals surface area contributed by atoms with E-state index in [1.165, 1.54) is 12.3 Å². The second-order valence-corrected chi connectivity index (χ2v) is 5.64. The molecule has 2 rings (SSSR count). The minimum atomic E-state index is -1.09. The predicted octanol–water partition coefficient (Wildman–Crippen LogP) is 3.31. The van der Waals surface area contributed by atoms with Gasteiger partial charge in [0.05, 0.1) is 0 Å². The maximum absolute atomic E-state index is 12.2. The van der Waals surface area contributed by atoms with E-state index in [2.05, 4.69) is 43.5 Å². The third-order valence-electron chi connectivity index (χ3n) is 2.35. The Balaban J connectivity index is 2.41. The molecule has 0 radical (unpaired) electrons. The molecule has 4 nitrogen and oxygen atoms in total. The number of nitrogens with one attached hydrogen (secondary N) is 1. The number of aromatic amines is 1. The molecule has 0 spiro atoms. The molecule has 0 aliphatic rings.